The Morgan fingerprint density at radius 2 is 1.73 bits per heavy atom. The highest BCUT2D eigenvalue weighted by molar-refractivity contribution is 7.92. The van der Waals surface area contributed by atoms with Gasteiger partial charge in [-0.3, -0.25) is 9.69 Å². The summed E-state index contributed by atoms with van der Waals surface area (Å²) >= 11 is 0. The van der Waals surface area contributed by atoms with Crippen LogP contribution in [0.1, 0.15) is 20.8 Å². The smallest absolute Gasteiger partial charge is 0.320 e. The van der Waals surface area contributed by atoms with Gasteiger partial charge in [-0.05, 0) is 20.8 Å². The number of carboxylic acid groups (broad SMARTS) is 1. The van der Waals surface area contributed by atoms with E-state index in [1.54, 1.807) is 25.7 Å². The molecule has 1 N–H and O–H groups in total. The molecule has 1 aliphatic heterocycles. The van der Waals surface area contributed by atoms with Crippen molar-refractivity contribution >= 4 is 15.8 Å². The fraction of sp³-hybridized carbons (Fsp3) is 0.889. The molecular formula is C9H17NO4S. The largest absolute Gasteiger partial charge is 0.480 e. The van der Waals surface area contributed by atoms with Crippen molar-refractivity contribution in [2.24, 2.45) is 0 Å². The van der Waals surface area contributed by atoms with Crippen LogP contribution in [-0.4, -0.2) is 54.0 Å². The first kappa shape index (κ1) is 12.4. The van der Waals surface area contributed by atoms with E-state index < -0.39 is 32.3 Å². The highest BCUT2D eigenvalue weighted by atomic mass is 32.2. The zero-order valence-electron chi connectivity index (χ0n) is 9.17. The number of hydrogen-bond donors (Lipinski definition) is 1. The number of aliphatic carboxylic acids is 1. The zero-order chi connectivity index (χ0) is 11.8. The number of hydrogen-bond acceptors (Lipinski definition) is 4. The van der Waals surface area contributed by atoms with E-state index in [1.807, 2.05) is 0 Å². The fourth-order valence-electron chi connectivity index (χ4n) is 1.81. The Kier molecular flexibility index (Phi) is 3.40. The van der Waals surface area contributed by atoms with Crippen LogP contribution in [0.25, 0.3) is 0 Å². The summed E-state index contributed by atoms with van der Waals surface area (Å²) in [6.45, 7) is 5.46. The third kappa shape index (κ3) is 2.31. The van der Waals surface area contributed by atoms with Gasteiger partial charge in [-0.25, -0.2) is 8.42 Å². The van der Waals surface area contributed by atoms with E-state index in [4.69, 9.17) is 5.11 Å². The summed E-state index contributed by atoms with van der Waals surface area (Å²) < 4.78 is 23.4. The summed E-state index contributed by atoms with van der Waals surface area (Å²) in [5.41, 5.74) is 0. The topological polar surface area (TPSA) is 74.7 Å². The summed E-state index contributed by atoms with van der Waals surface area (Å²) in [5, 5.41) is 7.88. The normalized spacial score (nSPS) is 33.5. The van der Waals surface area contributed by atoms with Gasteiger partial charge >= 0.3 is 5.97 Å². The lowest BCUT2D eigenvalue weighted by atomic mass is 10.2. The number of rotatable bonds is 2. The molecule has 3 atom stereocenters. The summed E-state index contributed by atoms with van der Waals surface area (Å²) in [7, 11) is -3.07. The second-order valence-electron chi connectivity index (χ2n) is 4.18. The van der Waals surface area contributed by atoms with Gasteiger partial charge in [0.2, 0.25) is 0 Å². The Hall–Kier alpha value is -0.620. The van der Waals surface area contributed by atoms with Gasteiger partial charge in [0.1, 0.15) is 6.04 Å². The van der Waals surface area contributed by atoms with Crippen LogP contribution in [0.2, 0.25) is 0 Å². The summed E-state index contributed by atoms with van der Waals surface area (Å²) in [6.07, 6.45) is 0. The van der Waals surface area contributed by atoms with Gasteiger partial charge in [0.25, 0.3) is 0 Å². The minimum Gasteiger partial charge on any atom is -0.480 e. The highest BCUT2D eigenvalue weighted by Crippen LogP contribution is 2.20. The first-order valence-electron chi connectivity index (χ1n) is 4.96. The monoisotopic (exact) mass is 235 g/mol. The van der Waals surface area contributed by atoms with Crippen molar-refractivity contribution in [3.63, 3.8) is 0 Å². The molecule has 0 aromatic carbocycles. The van der Waals surface area contributed by atoms with Gasteiger partial charge < -0.3 is 5.11 Å². The van der Waals surface area contributed by atoms with E-state index in [0.717, 1.165) is 0 Å². The van der Waals surface area contributed by atoms with Crippen LogP contribution in [0, 0.1) is 0 Å². The molecule has 0 aliphatic carbocycles. The molecule has 0 aromatic heterocycles. The van der Waals surface area contributed by atoms with Gasteiger partial charge in [-0.15, -0.1) is 0 Å². The van der Waals surface area contributed by atoms with Crippen molar-refractivity contribution in [2.45, 2.75) is 37.3 Å². The number of nitrogens with zero attached hydrogens (tertiary/aromatic N) is 1. The first-order chi connectivity index (χ1) is 6.76. The van der Waals surface area contributed by atoms with Crippen molar-refractivity contribution in [1.29, 1.82) is 0 Å². The summed E-state index contributed by atoms with van der Waals surface area (Å²) in [4.78, 5) is 12.5. The molecular weight excluding hydrogens is 218 g/mol. The van der Waals surface area contributed by atoms with Gasteiger partial charge in [-0.2, -0.15) is 0 Å². The fourth-order valence-corrected chi connectivity index (χ4v) is 3.40. The van der Waals surface area contributed by atoms with Gasteiger partial charge in [-0.1, -0.05) is 0 Å². The average Bonchev–Trinajstić information content (AvgIpc) is 2.12. The van der Waals surface area contributed by atoms with Gasteiger partial charge in [0.15, 0.2) is 9.84 Å². The lowest BCUT2D eigenvalue weighted by Gasteiger charge is -2.36. The molecule has 1 aliphatic rings. The van der Waals surface area contributed by atoms with Crippen LogP contribution in [0.15, 0.2) is 0 Å². The highest BCUT2D eigenvalue weighted by Gasteiger charge is 2.38. The maximum atomic E-state index is 11.7. The van der Waals surface area contributed by atoms with Crippen LogP contribution in [0.4, 0.5) is 0 Å². The summed E-state index contributed by atoms with van der Waals surface area (Å²) in [5.74, 6) is -0.909. The number of sulfone groups is 1. The quantitative estimate of drug-likeness (QED) is 0.727. The second-order valence-corrected chi connectivity index (χ2v) is 6.97. The van der Waals surface area contributed by atoms with Crippen molar-refractivity contribution in [1.82, 2.24) is 4.90 Å². The van der Waals surface area contributed by atoms with Crippen molar-refractivity contribution in [2.75, 3.05) is 13.1 Å². The molecule has 15 heavy (non-hydrogen) atoms. The molecule has 0 bridgehead atoms. The molecule has 0 amide bonds. The average molecular weight is 235 g/mol. The second kappa shape index (κ2) is 4.09. The van der Waals surface area contributed by atoms with E-state index in [9.17, 15) is 13.2 Å². The standard InChI is InChI=1S/C9H17NO4S/c1-6-4-10(8(3)9(11)12)5-7(2)15(6,13)14/h6-8H,4-5H2,1-3H3,(H,11,12). The van der Waals surface area contributed by atoms with Crippen LogP contribution < -0.4 is 0 Å². The predicted octanol–water partition coefficient (Wildman–Crippen LogP) is -0.0331. The van der Waals surface area contributed by atoms with Crippen LogP contribution in [0.3, 0.4) is 0 Å². The van der Waals surface area contributed by atoms with Gasteiger partial charge in [0, 0.05) is 13.1 Å². The maximum Gasteiger partial charge on any atom is 0.320 e. The Bertz CT molecular complexity index is 333. The van der Waals surface area contributed by atoms with Crippen molar-refractivity contribution in [3.05, 3.63) is 0 Å². The molecule has 0 radical (unpaired) electrons. The Morgan fingerprint density at radius 3 is 2.07 bits per heavy atom. The molecule has 1 rings (SSSR count). The van der Waals surface area contributed by atoms with Gasteiger partial charge in [0.05, 0.1) is 10.5 Å². The lowest BCUT2D eigenvalue weighted by molar-refractivity contribution is -0.142. The molecule has 3 unspecified atom stereocenters. The van der Waals surface area contributed by atoms with E-state index in [1.165, 1.54) is 0 Å². The Morgan fingerprint density at radius 1 is 1.33 bits per heavy atom. The molecule has 0 aromatic rings. The predicted molar refractivity (Wildman–Crippen MR) is 56.5 cm³/mol. The number of carbonyl (C=O) groups is 1. The SMILES string of the molecule is CC(C(=O)O)N1CC(C)S(=O)(=O)C(C)C1. The molecule has 1 fully saturated rings. The Balaban J connectivity index is 2.82. The molecule has 1 heterocycles. The lowest BCUT2D eigenvalue weighted by Crippen LogP contribution is -2.54. The zero-order valence-corrected chi connectivity index (χ0v) is 9.99. The van der Waals surface area contributed by atoms with E-state index >= 15 is 0 Å². The van der Waals surface area contributed by atoms with E-state index in [2.05, 4.69) is 0 Å². The van der Waals surface area contributed by atoms with E-state index in [0.29, 0.717) is 13.1 Å². The third-order valence-corrected chi connectivity index (χ3v) is 5.55. The molecule has 6 heteroatoms. The summed E-state index contributed by atoms with van der Waals surface area (Å²) in [6, 6.07) is -0.620. The van der Waals surface area contributed by atoms with Crippen LogP contribution >= 0.6 is 0 Å². The molecule has 1 saturated heterocycles. The first-order valence-corrected chi connectivity index (χ1v) is 6.57. The molecule has 88 valence electrons. The van der Waals surface area contributed by atoms with E-state index in [-0.39, 0.29) is 0 Å². The van der Waals surface area contributed by atoms with Crippen LogP contribution in [-0.2, 0) is 14.6 Å². The maximum absolute atomic E-state index is 11.7. The third-order valence-electron chi connectivity index (χ3n) is 3.01. The Labute approximate surface area is 90.0 Å². The molecule has 0 saturated carbocycles. The minimum atomic E-state index is -3.07. The molecule has 0 spiro atoms. The van der Waals surface area contributed by atoms with Crippen LogP contribution in [0.5, 0.6) is 0 Å². The molecule has 5 nitrogen and oxygen atoms in total. The number of carboxylic acids is 1. The van der Waals surface area contributed by atoms with Crippen molar-refractivity contribution in [3.8, 4) is 0 Å². The minimum absolute atomic E-state index is 0.306. The van der Waals surface area contributed by atoms with Crippen molar-refractivity contribution < 1.29 is 18.3 Å².